The number of aliphatic hydroxyl groups is 1. The van der Waals surface area contributed by atoms with Crippen LogP contribution in [0, 0.1) is 28.5 Å². The van der Waals surface area contributed by atoms with E-state index in [1.165, 1.54) is 36.4 Å². The first kappa shape index (κ1) is 40.2. The van der Waals surface area contributed by atoms with E-state index in [2.05, 4.69) is 20.9 Å². The number of halogens is 4. The molecular formula is C42H38F4N6O5. The van der Waals surface area contributed by atoms with Crippen LogP contribution in [0.5, 0.6) is 11.5 Å². The summed E-state index contributed by atoms with van der Waals surface area (Å²) in [6.45, 7) is 2.29. The van der Waals surface area contributed by atoms with Crippen molar-refractivity contribution in [3.63, 3.8) is 0 Å². The molecule has 0 unspecified atom stereocenters. The largest absolute Gasteiger partial charge is 0.492 e. The van der Waals surface area contributed by atoms with Crippen LogP contribution in [0.15, 0.2) is 72.8 Å². The summed E-state index contributed by atoms with van der Waals surface area (Å²) in [5.41, 5.74) is 0.506. The fraction of sp³-hybridized carbons (Fsp3) is 0.286. The summed E-state index contributed by atoms with van der Waals surface area (Å²) in [4.78, 5) is 28.7. The van der Waals surface area contributed by atoms with Gasteiger partial charge in [-0.15, -0.1) is 0 Å². The van der Waals surface area contributed by atoms with Gasteiger partial charge in [0.1, 0.15) is 35.6 Å². The van der Waals surface area contributed by atoms with Crippen molar-refractivity contribution in [3.8, 4) is 34.9 Å². The highest BCUT2D eigenvalue weighted by molar-refractivity contribution is 6.10. The summed E-state index contributed by atoms with van der Waals surface area (Å²) in [7, 11) is 0. The Morgan fingerprint density at radius 1 is 0.965 bits per heavy atom. The van der Waals surface area contributed by atoms with Gasteiger partial charge in [0.25, 0.3) is 11.8 Å². The van der Waals surface area contributed by atoms with Crippen molar-refractivity contribution in [2.75, 3.05) is 31.6 Å². The SMILES string of the molecule is C[C@@](O)(COc1ccc(C#N)cc1)C(=O)Nc1cc(OCCCCCNCc2ccc(-c3[nH]c4cc(F)cc5c4c3CCNC5=O)cc2)c(C#N)c(C(F)(F)F)c1. The lowest BCUT2D eigenvalue weighted by atomic mass is 9.99. The van der Waals surface area contributed by atoms with E-state index in [1.807, 2.05) is 30.3 Å². The second-order valence-corrected chi connectivity index (χ2v) is 13.8. The minimum absolute atomic E-state index is 0.00901. The number of unbranched alkanes of at least 4 members (excludes halogenated alkanes) is 2. The Labute approximate surface area is 325 Å². The first-order valence-corrected chi connectivity index (χ1v) is 18.1. The van der Waals surface area contributed by atoms with Crippen molar-refractivity contribution in [2.24, 2.45) is 0 Å². The van der Waals surface area contributed by atoms with Crippen molar-refractivity contribution < 1.29 is 41.7 Å². The number of aromatic nitrogens is 1. The molecule has 0 saturated carbocycles. The molecule has 0 bridgehead atoms. The van der Waals surface area contributed by atoms with Crippen molar-refractivity contribution in [3.05, 3.63) is 112 Å². The van der Waals surface area contributed by atoms with E-state index in [1.54, 1.807) is 6.07 Å². The molecule has 1 aliphatic heterocycles. The van der Waals surface area contributed by atoms with E-state index in [9.17, 15) is 37.5 Å². The highest BCUT2D eigenvalue weighted by atomic mass is 19.4. The standard InChI is InChI=1S/C42H38F4N6O5/c1-41(55,24-57-30-11-7-25(21-47)8-12-30)40(54)51-29-19-34(42(44,45)46)33(22-48)36(20-29)56-16-4-2-3-14-49-23-26-5-9-27(10-6-26)38-31-13-15-50-39(53)32-17-28(43)18-35(52-38)37(31)32/h5-12,17-20,49,52,55H,2-4,13-16,23-24H2,1H3,(H,50,53)(H,51,54)/t41-/m1/s1. The van der Waals surface area contributed by atoms with Gasteiger partial charge in [-0.25, -0.2) is 4.39 Å². The summed E-state index contributed by atoms with van der Waals surface area (Å²) in [5.74, 6) is -1.93. The van der Waals surface area contributed by atoms with Gasteiger partial charge in [-0.3, -0.25) is 9.59 Å². The number of carbonyl (C=O) groups excluding carboxylic acids is 2. The zero-order valence-electron chi connectivity index (χ0n) is 30.8. The van der Waals surface area contributed by atoms with Crippen molar-refractivity contribution in [2.45, 2.75) is 50.9 Å². The number of H-pyrrole nitrogens is 1. The Balaban J connectivity index is 0.988. The molecule has 0 radical (unpaired) electrons. The van der Waals surface area contributed by atoms with Crippen LogP contribution in [-0.2, 0) is 23.9 Å². The van der Waals surface area contributed by atoms with Crippen molar-refractivity contribution in [1.29, 1.82) is 10.5 Å². The molecule has 1 aromatic heterocycles. The fourth-order valence-corrected chi connectivity index (χ4v) is 6.49. The molecular weight excluding hydrogens is 744 g/mol. The molecule has 0 fully saturated rings. The molecule has 6 rings (SSSR count). The number of rotatable bonds is 15. The molecule has 0 aliphatic carbocycles. The van der Waals surface area contributed by atoms with E-state index in [0.29, 0.717) is 61.6 Å². The van der Waals surface area contributed by atoms with Crippen LogP contribution in [0.1, 0.15) is 64.4 Å². The smallest absolute Gasteiger partial charge is 0.417 e. The van der Waals surface area contributed by atoms with Gasteiger partial charge < -0.3 is 35.5 Å². The molecule has 294 valence electrons. The number of aromatic amines is 1. The summed E-state index contributed by atoms with van der Waals surface area (Å²) < 4.78 is 67.3. The highest BCUT2D eigenvalue weighted by Crippen LogP contribution is 2.39. The summed E-state index contributed by atoms with van der Waals surface area (Å²) in [5, 5.41) is 38.5. The highest BCUT2D eigenvalue weighted by Gasteiger charge is 2.37. The van der Waals surface area contributed by atoms with E-state index in [4.69, 9.17) is 14.7 Å². The lowest BCUT2D eigenvalue weighted by molar-refractivity contribution is -0.138. The quantitative estimate of drug-likeness (QED) is 0.0552. The second-order valence-electron chi connectivity index (χ2n) is 13.8. The molecule has 11 nitrogen and oxygen atoms in total. The molecule has 2 amide bonds. The number of hydrogen-bond acceptors (Lipinski definition) is 8. The second kappa shape index (κ2) is 17.2. The number of nitrogens with zero attached hydrogens (tertiary/aromatic N) is 2. The zero-order chi connectivity index (χ0) is 40.7. The van der Waals surface area contributed by atoms with E-state index >= 15 is 0 Å². The molecule has 15 heteroatoms. The fourth-order valence-electron chi connectivity index (χ4n) is 6.49. The number of anilines is 1. The third kappa shape index (κ3) is 9.52. The van der Waals surface area contributed by atoms with Crippen LogP contribution in [0.25, 0.3) is 22.2 Å². The number of amides is 2. The van der Waals surface area contributed by atoms with Crippen LogP contribution in [0.2, 0.25) is 0 Å². The molecule has 4 aromatic carbocycles. The average molecular weight is 783 g/mol. The van der Waals surface area contributed by atoms with E-state index in [0.717, 1.165) is 47.2 Å². The van der Waals surface area contributed by atoms with Crippen LogP contribution in [-0.4, -0.2) is 53.8 Å². The molecule has 1 aliphatic rings. The van der Waals surface area contributed by atoms with Crippen molar-refractivity contribution >= 4 is 28.4 Å². The van der Waals surface area contributed by atoms with Gasteiger partial charge in [-0.05, 0) is 98.3 Å². The minimum atomic E-state index is -4.94. The van der Waals surface area contributed by atoms with Crippen LogP contribution >= 0.6 is 0 Å². The maximum Gasteiger partial charge on any atom is 0.417 e. The zero-order valence-corrected chi connectivity index (χ0v) is 30.8. The summed E-state index contributed by atoms with van der Waals surface area (Å²) in [6.07, 6.45) is -2.45. The lowest BCUT2D eigenvalue weighted by Gasteiger charge is -2.23. The van der Waals surface area contributed by atoms with E-state index in [-0.39, 0.29) is 29.7 Å². The lowest BCUT2D eigenvalue weighted by Crippen LogP contribution is -2.45. The maximum atomic E-state index is 14.3. The maximum absolute atomic E-state index is 14.3. The summed E-state index contributed by atoms with van der Waals surface area (Å²) >= 11 is 0. The predicted octanol–water partition coefficient (Wildman–Crippen LogP) is 7.13. The number of alkyl halides is 3. The van der Waals surface area contributed by atoms with Gasteiger partial charge in [-0.2, -0.15) is 23.7 Å². The van der Waals surface area contributed by atoms with Gasteiger partial charge in [0, 0.05) is 41.4 Å². The average Bonchev–Trinajstić information content (AvgIpc) is 3.46. The Morgan fingerprint density at radius 2 is 1.72 bits per heavy atom. The molecule has 1 atom stereocenters. The molecule has 5 N–H and O–H groups in total. The molecule has 2 heterocycles. The number of nitrogens with one attached hydrogen (secondary N) is 4. The molecule has 57 heavy (non-hydrogen) atoms. The normalized spacial score (nSPS) is 13.5. The Hall–Kier alpha value is -6.42. The van der Waals surface area contributed by atoms with Crippen molar-refractivity contribution in [1.82, 2.24) is 15.6 Å². The number of hydrogen-bond donors (Lipinski definition) is 5. The first-order chi connectivity index (χ1) is 27.3. The number of carbonyl (C=O) groups is 2. The van der Waals surface area contributed by atoms with Gasteiger partial charge in [0.2, 0.25) is 0 Å². The van der Waals surface area contributed by atoms with E-state index < -0.39 is 41.2 Å². The van der Waals surface area contributed by atoms with Gasteiger partial charge in [0.15, 0.2) is 5.60 Å². The third-order valence-electron chi connectivity index (χ3n) is 9.47. The Kier molecular flexibility index (Phi) is 12.1. The van der Waals surface area contributed by atoms with Crippen LogP contribution < -0.4 is 25.4 Å². The predicted molar refractivity (Wildman–Crippen MR) is 203 cm³/mol. The molecule has 5 aromatic rings. The van der Waals surface area contributed by atoms with Gasteiger partial charge in [-0.1, -0.05) is 24.3 Å². The number of nitriles is 2. The summed E-state index contributed by atoms with van der Waals surface area (Å²) in [6, 6.07) is 21.7. The minimum Gasteiger partial charge on any atom is -0.492 e. The first-order valence-electron chi connectivity index (χ1n) is 18.1. The van der Waals surface area contributed by atoms with Gasteiger partial charge >= 0.3 is 6.18 Å². The third-order valence-corrected chi connectivity index (χ3v) is 9.47. The Morgan fingerprint density at radius 3 is 2.42 bits per heavy atom. The number of ether oxygens (including phenoxy) is 2. The number of benzene rings is 4. The molecule has 0 spiro atoms. The van der Waals surface area contributed by atoms with Crippen LogP contribution in [0.4, 0.5) is 23.2 Å². The monoisotopic (exact) mass is 782 g/mol. The topological polar surface area (TPSA) is 172 Å². The molecule has 0 saturated heterocycles. The Bertz CT molecular complexity index is 2360. The van der Waals surface area contributed by atoms with Gasteiger partial charge in [0.05, 0.1) is 29.4 Å². The van der Waals surface area contributed by atoms with Crippen LogP contribution in [0.3, 0.4) is 0 Å².